The number of hydrogen-bond acceptors (Lipinski definition) is 3. The molecule has 1 atom stereocenters. The predicted octanol–water partition coefficient (Wildman–Crippen LogP) is 1.86. The minimum atomic E-state index is -0.108. The Morgan fingerprint density at radius 2 is 2.10 bits per heavy atom. The maximum absolute atomic E-state index is 12.4. The zero-order valence-electron chi connectivity index (χ0n) is 11.7. The molecular weight excluding hydrogens is 252 g/mol. The maximum atomic E-state index is 12.4. The van der Waals surface area contributed by atoms with Crippen LogP contribution in [0.3, 0.4) is 0 Å². The molecule has 108 valence electrons. The second-order valence-electron chi connectivity index (χ2n) is 6.10. The van der Waals surface area contributed by atoms with Crippen molar-refractivity contribution >= 4 is 11.6 Å². The van der Waals surface area contributed by atoms with Crippen LogP contribution in [0.2, 0.25) is 0 Å². The summed E-state index contributed by atoms with van der Waals surface area (Å²) >= 11 is 0. The van der Waals surface area contributed by atoms with Crippen molar-refractivity contribution in [2.75, 3.05) is 25.0 Å². The number of benzene rings is 1. The van der Waals surface area contributed by atoms with Gasteiger partial charge >= 0.3 is 0 Å². The zero-order valence-corrected chi connectivity index (χ0v) is 11.7. The molecule has 0 saturated heterocycles. The Morgan fingerprint density at radius 1 is 1.35 bits per heavy atom. The molecule has 4 nitrogen and oxygen atoms in total. The highest BCUT2D eigenvalue weighted by atomic mass is 16.3. The SMILES string of the molecule is O=C(NCC1(CO)CCCC1)C1CNc2ccccc21. The quantitative estimate of drug-likeness (QED) is 0.785. The molecule has 1 aliphatic carbocycles. The van der Waals surface area contributed by atoms with Crippen LogP contribution in [0.15, 0.2) is 24.3 Å². The summed E-state index contributed by atoms with van der Waals surface area (Å²) in [5.74, 6) is -0.0366. The first-order chi connectivity index (χ1) is 9.74. The third kappa shape index (κ3) is 2.40. The van der Waals surface area contributed by atoms with Gasteiger partial charge < -0.3 is 15.7 Å². The molecule has 3 rings (SSSR count). The molecule has 1 aromatic carbocycles. The van der Waals surface area contributed by atoms with E-state index in [0.29, 0.717) is 13.1 Å². The van der Waals surface area contributed by atoms with Crippen LogP contribution in [0.5, 0.6) is 0 Å². The standard InChI is InChI=1S/C16H22N2O2/c19-11-16(7-3-4-8-16)10-18-15(20)13-9-17-14-6-2-1-5-12(13)14/h1-2,5-6,13,17,19H,3-4,7-11H2,(H,18,20). The summed E-state index contributed by atoms with van der Waals surface area (Å²) in [5, 5.41) is 15.9. The van der Waals surface area contributed by atoms with E-state index in [1.807, 2.05) is 24.3 Å². The number of aliphatic hydroxyl groups is 1. The van der Waals surface area contributed by atoms with Gasteiger partial charge in [0.15, 0.2) is 0 Å². The minimum absolute atomic E-state index is 0.0715. The van der Waals surface area contributed by atoms with Gasteiger partial charge in [0.05, 0.1) is 12.5 Å². The molecule has 0 aromatic heterocycles. The number of nitrogens with one attached hydrogen (secondary N) is 2. The van der Waals surface area contributed by atoms with Crippen molar-refractivity contribution < 1.29 is 9.90 Å². The molecular formula is C16H22N2O2. The van der Waals surface area contributed by atoms with E-state index in [1.54, 1.807) is 0 Å². The Hall–Kier alpha value is -1.55. The number of anilines is 1. The van der Waals surface area contributed by atoms with Crippen LogP contribution in [-0.2, 0) is 4.79 Å². The Morgan fingerprint density at radius 3 is 2.85 bits per heavy atom. The van der Waals surface area contributed by atoms with E-state index >= 15 is 0 Å². The molecule has 1 aromatic rings. The molecule has 20 heavy (non-hydrogen) atoms. The highest BCUT2D eigenvalue weighted by molar-refractivity contribution is 5.88. The normalized spacial score (nSPS) is 23.1. The summed E-state index contributed by atoms with van der Waals surface area (Å²) in [5.41, 5.74) is 2.06. The average molecular weight is 274 g/mol. The summed E-state index contributed by atoms with van der Waals surface area (Å²) < 4.78 is 0. The van der Waals surface area contributed by atoms with Gasteiger partial charge in [-0.25, -0.2) is 0 Å². The van der Waals surface area contributed by atoms with Crippen molar-refractivity contribution in [2.45, 2.75) is 31.6 Å². The highest BCUT2D eigenvalue weighted by Gasteiger charge is 2.35. The first-order valence-corrected chi connectivity index (χ1v) is 7.45. The van der Waals surface area contributed by atoms with Crippen LogP contribution >= 0.6 is 0 Å². The smallest absolute Gasteiger partial charge is 0.229 e. The summed E-state index contributed by atoms with van der Waals surface area (Å²) in [7, 11) is 0. The lowest BCUT2D eigenvalue weighted by Gasteiger charge is -2.27. The summed E-state index contributed by atoms with van der Waals surface area (Å²) in [6.45, 7) is 1.44. The summed E-state index contributed by atoms with van der Waals surface area (Å²) in [6, 6.07) is 7.97. The lowest BCUT2D eigenvalue weighted by molar-refractivity contribution is -0.122. The summed E-state index contributed by atoms with van der Waals surface area (Å²) in [6.07, 6.45) is 4.35. The molecule has 4 heteroatoms. The Labute approximate surface area is 119 Å². The van der Waals surface area contributed by atoms with Gasteiger partial charge in [-0.1, -0.05) is 31.0 Å². The van der Waals surface area contributed by atoms with Gasteiger partial charge in [0, 0.05) is 24.2 Å². The van der Waals surface area contributed by atoms with Crippen molar-refractivity contribution in [3.8, 4) is 0 Å². The number of para-hydroxylation sites is 1. The van der Waals surface area contributed by atoms with Crippen molar-refractivity contribution in [1.82, 2.24) is 5.32 Å². The fourth-order valence-corrected chi connectivity index (χ4v) is 3.43. The van der Waals surface area contributed by atoms with E-state index in [9.17, 15) is 9.90 Å². The van der Waals surface area contributed by atoms with Crippen molar-refractivity contribution in [3.63, 3.8) is 0 Å². The largest absolute Gasteiger partial charge is 0.396 e. The van der Waals surface area contributed by atoms with Crippen LogP contribution in [0.25, 0.3) is 0 Å². The van der Waals surface area contributed by atoms with Gasteiger partial charge in [0.25, 0.3) is 0 Å². The molecule has 1 heterocycles. The van der Waals surface area contributed by atoms with Crippen molar-refractivity contribution in [1.29, 1.82) is 0 Å². The zero-order chi connectivity index (χ0) is 14.0. The molecule has 1 saturated carbocycles. The topological polar surface area (TPSA) is 61.4 Å². The number of rotatable bonds is 4. The van der Waals surface area contributed by atoms with Crippen LogP contribution in [0.4, 0.5) is 5.69 Å². The van der Waals surface area contributed by atoms with Gasteiger partial charge in [-0.15, -0.1) is 0 Å². The number of hydrogen-bond donors (Lipinski definition) is 3. The van der Waals surface area contributed by atoms with Crippen molar-refractivity contribution in [2.24, 2.45) is 5.41 Å². The van der Waals surface area contributed by atoms with Crippen LogP contribution in [0, 0.1) is 5.41 Å². The van der Waals surface area contributed by atoms with E-state index in [1.165, 1.54) is 0 Å². The van der Waals surface area contributed by atoms with E-state index in [-0.39, 0.29) is 23.8 Å². The third-order valence-corrected chi connectivity index (χ3v) is 4.79. The maximum Gasteiger partial charge on any atom is 0.229 e. The highest BCUT2D eigenvalue weighted by Crippen LogP contribution is 2.37. The second-order valence-corrected chi connectivity index (χ2v) is 6.10. The number of aliphatic hydroxyl groups excluding tert-OH is 1. The average Bonchev–Trinajstić information content (AvgIpc) is 3.12. The molecule has 3 N–H and O–H groups in total. The van der Waals surface area contributed by atoms with E-state index < -0.39 is 0 Å². The number of fused-ring (bicyclic) bond motifs is 1. The molecule has 0 bridgehead atoms. The predicted molar refractivity (Wildman–Crippen MR) is 78.7 cm³/mol. The van der Waals surface area contributed by atoms with E-state index in [2.05, 4.69) is 10.6 Å². The molecule has 1 amide bonds. The Bertz CT molecular complexity index is 495. The first kappa shape index (κ1) is 13.4. The van der Waals surface area contributed by atoms with Gasteiger partial charge in [-0.2, -0.15) is 0 Å². The molecule has 1 fully saturated rings. The molecule has 0 spiro atoms. The lowest BCUT2D eigenvalue weighted by Crippen LogP contribution is -2.40. The first-order valence-electron chi connectivity index (χ1n) is 7.45. The monoisotopic (exact) mass is 274 g/mol. The number of carbonyl (C=O) groups is 1. The molecule has 2 aliphatic rings. The fourth-order valence-electron chi connectivity index (χ4n) is 3.43. The Balaban J connectivity index is 1.63. The van der Waals surface area contributed by atoms with Crippen LogP contribution < -0.4 is 10.6 Å². The Kier molecular flexibility index (Phi) is 3.66. The number of amides is 1. The molecule has 1 unspecified atom stereocenters. The van der Waals surface area contributed by atoms with Gasteiger partial charge in [0.2, 0.25) is 5.91 Å². The molecule has 0 radical (unpaired) electrons. The fraction of sp³-hybridized carbons (Fsp3) is 0.562. The van der Waals surface area contributed by atoms with Crippen LogP contribution in [0.1, 0.15) is 37.2 Å². The summed E-state index contributed by atoms with van der Waals surface area (Å²) in [4.78, 5) is 12.4. The van der Waals surface area contributed by atoms with Gasteiger partial charge in [-0.05, 0) is 24.5 Å². The number of carbonyl (C=O) groups excluding carboxylic acids is 1. The van der Waals surface area contributed by atoms with Gasteiger partial charge in [0.1, 0.15) is 0 Å². The van der Waals surface area contributed by atoms with E-state index in [4.69, 9.17) is 0 Å². The minimum Gasteiger partial charge on any atom is -0.396 e. The van der Waals surface area contributed by atoms with E-state index in [0.717, 1.165) is 36.9 Å². The molecule has 1 aliphatic heterocycles. The van der Waals surface area contributed by atoms with Crippen LogP contribution in [-0.4, -0.2) is 30.7 Å². The van der Waals surface area contributed by atoms with Gasteiger partial charge in [-0.3, -0.25) is 4.79 Å². The lowest BCUT2D eigenvalue weighted by atomic mass is 9.87. The van der Waals surface area contributed by atoms with Crippen molar-refractivity contribution in [3.05, 3.63) is 29.8 Å². The second kappa shape index (κ2) is 5.44. The third-order valence-electron chi connectivity index (χ3n) is 4.79.